The van der Waals surface area contributed by atoms with Gasteiger partial charge < -0.3 is 10.2 Å². The van der Waals surface area contributed by atoms with Gasteiger partial charge in [0, 0.05) is 32.7 Å². The molecule has 12 heavy (non-hydrogen) atoms. The average Bonchev–Trinajstić information content (AvgIpc) is 2.03. The van der Waals surface area contributed by atoms with E-state index in [1.54, 1.807) is 0 Å². The van der Waals surface area contributed by atoms with Crippen LogP contribution in [0.5, 0.6) is 0 Å². The molecule has 0 aromatic carbocycles. The second-order valence-electron chi connectivity index (χ2n) is 2.67. The Morgan fingerprint density at radius 2 is 1.83 bits per heavy atom. The van der Waals surface area contributed by atoms with Gasteiger partial charge in [0.15, 0.2) is 0 Å². The number of piperazine rings is 1. The summed E-state index contributed by atoms with van der Waals surface area (Å²) < 4.78 is 0. The van der Waals surface area contributed by atoms with Crippen LogP contribution >= 0.6 is 24.8 Å². The monoisotopic (exact) mass is 212 g/mol. The van der Waals surface area contributed by atoms with Crippen LogP contribution in [0, 0.1) is 0 Å². The predicted octanol–water partition coefficient (Wildman–Crippen LogP) is 1.31. The number of nitrogens with one attached hydrogen (secondary N) is 1. The average molecular weight is 213 g/mol. The molecular formula is C8H18Cl2N2. The molecule has 0 amide bonds. The van der Waals surface area contributed by atoms with Crippen LogP contribution in [0.15, 0.2) is 12.7 Å². The third-order valence-corrected chi connectivity index (χ3v) is 1.86. The molecule has 1 N–H and O–H groups in total. The van der Waals surface area contributed by atoms with Crippen LogP contribution in [-0.4, -0.2) is 37.6 Å². The summed E-state index contributed by atoms with van der Waals surface area (Å²) in [5.41, 5.74) is 0. The Labute approximate surface area is 87.2 Å². The van der Waals surface area contributed by atoms with E-state index >= 15 is 0 Å². The number of halogens is 2. The number of hydrogen-bond donors (Lipinski definition) is 1. The summed E-state index contributed by atoms with van der Waals surface area (Å²) in [5.74, 6) is 0. The summed E-state index contributed by atoms with van der Waals surface area (Å²) in [6.45, 7) is 9.59. The Kier molecular flexibility index (Phi) is 11.5. The molecule has 74 valence electrons. The number of hydrogen-bond acceptors (Lipinski definition) is 2. The normalized spacial score (nSPS) is 17.3. The first-order valence-corrected chi connectivity index (χ1v) is 3.97. The zero-order valence-corrected chi connectivity index (χ0v) is 8.92. The summed E-state index contributed by atoms with van der Waals surface area (Å²) >= 11 is 0. The van der Waals surface area contributed by atoms with Crippen molar-refractivity contribution >= 4 is 24.8 Å². The van der Waals surface area contributed by atoms with Crippen molar-refractivity contribution < 1.29 is 0 Å². The smallest absolute Gasteiger partial charge is 0.0107 e. The van der Waals surface area contributed by atoms with E-state index in [0.29, 0.717) is 0 Å². The third-order valence-electron chi connectivity index (χ3n) is 1.86. The summed E-state index contributed by atoms with van der Waals surface area (Å²) in [6.07, 6.45) is 3.11. The predicted molar refractivity (Wildman–Crippen MR) is 58.6 cm³/mol. The first kappa shape index (κ1) is 14.7. The second kappa shape index (κ2) is 9.33. The van der Waals surface area contributed by atoms with Crippen molar-refractivity contribution in [3.63, 3.8) is 0 Å². The number of rotatable bonds is 3. The van der Waals surface area contributed by atoms with Crippen molar-refractivity contribution in [2.24, 2.45) is 0 Å². The molecule has 0 atom stereocenters. The van der Waals surface area contributed by atoms with E-state index in [9.17, 15) is 0 Å². The maximum Gasteiger partial charge on any atom is 0.0107 e. The molecular weight excluding hydrogens is 195 g/mol. The zero-order chi connectivity index (χ0) is 7.23. The third kappa shape index (κ3) is 5.84. The molecule has 1 aliphatic rings. The Balaban J connectivity index is 0. The van der Waals surface area contributed by atoms with Crippen LogP contribution in [-0.2, 0) is 0 Å². The van der Waals surface area contributed by atoms with Crippen molar-refractivity contribution in [2.75, 3.05) is 32.7 Å². The minimum atomic E-state index is 0. The zero-order valence-electron chi connectivity index (χ0n) is 7.29. The molecule has 0 saturated carbocycles. The Hall–Kier alpha value is 0.240. The first-order chi connectivity index (χ1) is 4.93. The summed E-state index contributed by atoms with van der Waals surface area (Å²) in [5, 5.41) is 3.32. The lowest BCUT2D eigenvalue weighted by atomic mass is 10.3. The van der Waals surface area contributed by atoms with Crippen LogP contribution in [0.1, 0.15) is 6.42 Å². The lowest BCUT2D eigenvalue weighted by Gasteiger charge is -2.26. The topological polar surface area (TPSA) is 15.3 Å². The first-order valence-electron chi connectivity index (χ1n) is 3.97. The van der Waals surface area contributed by atoms with E-state index < -0.39 is 0 Å². The highest BCUT2D eigenvalue weighted by Crippen LogP contribution is 1.93. The fourth-order valence-electron chi connectivity index (χ4n) is 1.21. The molecule has 0 aromatic rings. The largest absolute Gasteiger partial charge is 0.314 e. The van der Waals surface area contributed by atoms with Gasteiger partial charge in [-0.3, -0.25) is 0 Å². The molecule has 1 heterocycles. The van der Waals surface area contributed by atoms with E-state index in [-0.39, 0.29) is 24.8 Å². The van der Waals surface area contributed by atoms with Crippen LogP contribution in [0.2, 0.25) is 0 Å². The van der Waals surface area contributed by atoms with Crippen molar-refractivity contribution in [1.29, 1.82) is 0 Å². The van der Waals surface area contributed by atoms with Crippen molar-refractivity contribution in [2.45, 2.75) is 6.42 Å². The Morgan fingerprint density at radius 1 is 1.25 bits per heavy atom. The van der Waals surface area contributed by atoms with Crippen molar-refractivity contribution in [3.8, 4) is 0 Å². The van der Waals surface area contributed by atoms with Crippen LogP contribution in [0.4, 0.5) is 0 Å². The number of nitrogens with zero attached hydrogens (tertiary/aromatic N) is 1. The molecule has 0 spiro atoms. The van der Waals surface area contributed by atoms with Gasteiger partial charge in [0.1, 0.15) is 0 Å². The SMILES string of the molecule is C=CCCN1CCNCC1.Cl.Cl. The van der Waals surface area contributed by atoms with Crippen LogP contribution in [0.3, 0.4) is 0 Å². The van der Waals surface area contributed by atoms with Gasteiger partial charge in [0.2, 0.25) is 0 Å². The van der Waals surface area contributed by atoms with Gasteiger partial charge in [-0.15, -0.1) is 31.4 Å². The lowest BCUT2D eigenvalue weighted by molar-refractivity contribution is 0.245. The molecule has 0 aromatic heterocycles. The summed E-state index contributed by atoms with van der Waals surface area (Å²) in [6, 6.07) is 0. The van der Waals surface area contributed by atoms with Gasteiger partial charge in [-0.1, -0.05) is 6.08 Å². The second-order valence-corrected chi connectivity index (χ2v) is 2.67. The van der Waals surface area contributed by atoms with Gasteiger partial charge in [0.25, 0.3) is 0 Å². The lowest BCUT2D eigenvalue weighted by Crippen LogP contribution is -2.43. The minimum absolute atomic E-state index is 0. The Morgan fingerprint density at radius 3 is 2.33 bits per heavy atom. The summed E-state index contributed by atoms with van der Waals surface area (Å²) in [7, 11) is 0. The van der Waals surface area contributed by atoms with Crippen molar-refractivity contribution in [3.05, 3.63) is 12.7 Å². The molecule has 1 fully saturated rings. The molecule has 0 radical (unpaired) electrons. The van der Waals surface area contributed by atoms with E-state index in [1.165, 1.54) is 19.6 Å². The van der Waals surface area contributed by atoms with Crippen LogP contribution < -0.4 is 5.32 Å². The summed E-state index contributed by atoms with van der Waals surface area (Å²) in [4.78, 5) is 2.47. The molecule has 0 unspecified atom stereocenters. The fourth-order valence-corrected chi connectivity index (χ4v) is 1.21. The van der Waals surface area contributed by atoms with Gasteiger partial charge in [-0.25, -0.2) is 0 Å². The van der Waals surface area contributed by atoms with E-state index in [0.717, 1.165) is 19.5 Å². The highest BCUT2D eigenvalue weighted by Gasteiger charge is 2.06. The molecule has 1 rings (SSSR count). The van der Waals surface area contributed by atoms with Crippen LogP contribution in [0.25, 0.3) is 0 Å². The maximum absolute atomic E-state index is 3.70. The maximum atomic E-state index is 3.70. The Bertz CT molecular complexity index is 103. The quantitative estimate of drug-likeness (QED) is 0.711. The van der Waals surface area contributed by atoms with Gasteiger partial charge >= 0.3 is 0 Å². The van der Waals surface area contributed by atoms with E-state index in [2.05, 4.69) is 16.8 Å². The molecule has 2 nitrogen and oxygen atoms in total. The van der Waals surface area contributed by atoms with Crippen molar-refractivity contribution in [1.82, 2.24) is 10.2 Å². The fraction of sp³-hybridized carbons (Fsp3) is 0.750. The van der Waals surface area contributed by atoms with E-state index in [1.807, 2.05) is 6.08 Å². The molecule has 0 bridgehead atoms. The van der Waals surface area contributed by atoms with E-state index in [4.69, 9.17) is 0 Å². The van der Waals surface area contributed by atoms with Gasteiger partial charge in [-0.05, 0) is 6.42 Å². The standard InChI is InChI=1S/C8H16N2.2ClH/c1-2-3-6-10-7-4-9-5-8-10;;/h2,9H,1,3-8H2;2*1H. The molecule has 1 saturated heterocycles. The molecule has 4 heteroatoms. The van der Waals surface area contributed by atoms with Gasteiger partial charge in [0.05, 0.1) is 0 Å². The minimum Gasteiger partial charge on any atom is -0.314 e. The molecule has 0 aliphatic carbocycles. The molecule has 1 aliphatic heterocycles. The highest BCUT2D eigenvalue weighted by molar-refractivity contribution is 5.85. The van der Waals surface area contributed by atoms with Gasteiger partial charge in [-0.2, -0.15) is 0 Å². The highest BCUT2D eigenvalue weighted by atomic mass is 35.5.